The summed E-state index contributed by atoms with van der Waals surface area (Å²) in [6.07, 6.45) is 0. The largest absolute Gasteiger partial charge is 0.507 e. The molecule has 0 bridgehead atoms. The second-order valence-electron chi connectivity index (χ2n) is 5.73. The maximum absolute atomic E-state index is 9.81. The first-order chi connectivity index (χ1) is 7.74. The van der Waals surface area contributed by atoms with E-state index in [1.54, 1.807) is 6.07 Å². The van der Waals surface area contributed by atoms with Gasteiger partial charge < -0.3 is 15.3 Å². The van der Waals surface area contributed by atoms with Crippen LogP contribution >= 0.6 is 0 Å². The molecule has 0 heterocycles. The average Bonchev–Trinajstić information content (AvgIpc) is 2.29. The number of hydrogen-bond acceptors (Lipinski definition) is 3. The van der Waals surface area contributed by atoms with Crippen molar-refractivity contribution in [3.8, 4) is 5.75 Å². The van der Waals surface area contributed by atoms with E-state index in [9.17, 15) is 15.3 Å². The topological polar surface area (TPSA) is 60.7 Å². The quantitative estimate of drug-likeness (QED) is 0.747. The molecule has 1 aromatic rings. The minimum absolute atomic E-state index is 0.0185. The second kappa shape index (κ2) is 4.67. The van der Waals surface area contributed by atoms with Crippen molar-refractivity contribution in [3.63, 3.8) is 0 Å². The molecule has 17 heavy (non-hydrogen) atoms. The number of aromatic hydroxyl groups is 1. The van der Waals surface area contributed by atoms with E-state index in [1.807, 2.05) is 33.8 Å². The van der Waals surface area contributed by atoms with Crippen LogP contribution in [0.1, 0.15) is 38.8 Å². The fourth-order valence-corrected chi connectivity index (χ4v) is 1.57. The van der Waals surface area contributed by atoms with Gasteiger partial charge in [0, 0.05) is 22.5 Å². The van der Waals surface area contributed by atoms with Crippen molar-refractivity contribution in [3.05, 3.63) is 29.3 Å². The van der Waals surface area contributed by atoms with Crippen LogP contribution in [-0.4, -0.2) is 28.5 Å². The summed E-state index contributed by atoms with van der Waals surface area (Å²) in [5, 5.41) is 28.5. The Labute approximate surface area is 103 Å². The maximum Gasteiger partial charge on any atom is 0.127 e. The van der Waals surface area contributed by atoms with Crippen LogP contribution in [0.5, 0.6) is 5.75 Å². The van der Waals surface area contributed by atoms with Crippen molar-refractivity contribution in [1.82, 2.24) is 0 Å². The van der Waals surface area contributed by atoms with Gasteiger partial charge in [0.2, 0.25) is 0 Å². The highest BCUT2D eigenvalue weighted by molar-refractivity contribution is 5.42. The van der Waals surface area contributed by atoms with Crippen LogP contribution < -0.4 is 0 Å². The standard InChI is InChI=1S/C14H21O3/c1-13(2,8-15)10-5-6-12(17)11(7-10)14(3,4)9-16/h5,7,15-17H,8-9H2,1-4H3. The van der Waals surface area contributed by atoms with E-state index < -0.39 is 5.41 Å². The lowest BCUT2D eigenvalue weighted by molar-refractivity contribution is 0.211. The molecule has 0 spiro atoms. The number of phenols is 1. The Morgan fingerprint density at radius 3 is 2.06 bits per heavy atom. The number of phenolic OH excluding ortho intramolecular Hbond substituents is 1. The van der Waals surface area contributed by atoms with Gasteiger partial charge in [0.1, 0.15) is 5.75 Å². The minimum atomic E-state index is -0.526. The van der Waals surface area contributed by atoms with Gasteiger partial charge in [-0.3, -0.25) is 0 Å². The molecule has 0 saturated carbocycles. The van der Waals surface area contributed by atoms with Crippen molar-refractivity contribution in [2.24, 2.45) is 0 Å². The zero-order chi connectivity index (χ0) is 13.3. The van der Waals surface area contributed by atoms with Crippen LogP contribution in [0.3, 0.4) is 0 Å². The van der Waals surface area contributed by atoms with Gasteiger partial charge >= 0.3 is 0 Å². The molecule has 1 aromatic carbocycles. The average molecular weight is 237 g/mol. The molecule has 3 N–H and O–H groups in total. The van der Waals surface area contributed by atoms with E-state index >= 15 is 0 Å². The third-order valence-electron chi connectivity index (χ3n) is 3.22. The van der Waals surface area contributed by atoms with Gasteiger partial charge in [-0.05, 0) is 11.6 Å². The highest BCUT2D eigenvalue weighted by Crippen LogP contribution is 2.34. The molecular formula is C14H21O3. The van der Waals surface area contributed by atoms with Crippen LogP contribution in [0, 0.1) is 6.07 Å². The van der Waals surface area contributed by atoms with Crippen molar-refractivity contribution in [2.75, 3.05) is 13.2 Å². The van der Waals surface area contributed by atoms with Gasteiger partial charge in [0.05, 0.1) is 13.2 Å². The van der Waals surface area contributed by atoms with Gasteiger partial charge in [-0.25, -0.2) is 0 Å². The molecule has 95 valence electrons. The van der Waals surface area contributed by atoms with Crippen molar-refractivity contribution in [2.45, 2.75) is 38.5 Å². The SMILES string of the molecule is CC(C)(CO)c1c[c]c(O)c(C(C)(C)CO)c1. The summed E-state index contributed by atoms with van der Waals surface area (Å²) in [4.78, 5) is 0. The molecule has 0 unspecified atom stereocenters. The molecular weight excluding hydrogens is 216 g/mol. The third kappa shape index (κ3) is 2.79. The number of aliphatic hydroxyl groups excluding tert-OH is 2. The maximum atomic E-state index is 9.81. The van der Waals surface area contributed by atoms with Crippen molar-refractivity contribution in [1.29, 1.82) is 0 Å². The van der Waals surface area contributed by atoms with Crippen LogP contribution in [0.2, 0.25) is 0 Å². The van der Waals surface area contributed by atoms with Crippen molar-refractivity contribution < 1.29 is 15.3 Å². The zero-order valence-electron chi connectivity index (χ0n) is 10.9. The van der Waals surface area contributed by atoms with Gasteiger partial charge in [-0.1, -0.05) is 33.8 Å². The van der Waals surface area contributed by atoms with Crippen LogP contribution in [-0.2, 0) is 10.8 Å². The lowest BCUT2D eigenvalue weighted by Gasteiger charge is -2.28. The number of aliphatic hydroxyl groups is 2. The molecule has 0 amide bonds. The Kier molecular flexibility index (Phi) is 3.84. The number of hydrogen-bond donors (Lipinski definition) is 3. The summed E-state index contributed by atoms with van der Waals surface area (Å²) in [7, 11) is 0. The van der Waals surface area contributed by atoms with Gasteiger partial charge in [0.25, 0.3) is 0 Å². The van der Waals surface area contributed by atoms with E-state index in [-0.39, 0.29) is 24.4 Å². The molecule has 0 saturated heterocycles. The molecule has 0 aliphatic carbocycles. The zero-order valence-corrected chi connectivity index (χ0v) is 10.9. The summed E-state index contributed by atoms with van der Waals surface area (Å²) in [6.45, 7) is 7.51. The minimum Gasteiger partial charge on any atom is -0.507 e. The predicted octanol–water partition coefficient (Wildman–Crippen LogP) is 1.73. The molecule has 1 radical (unpaired) electrons. The highest BCUT2D eigenvalue weighted by Gasteiger charge is 2.27. The van der Waals surface area contributed by atoms with E-state index in [2.05, 4.69) is 6.07 Å². The third-order valence-corrected chi connectivity index (χ3v) is 3.22. The normalized spacial score (nSPS) is 12.8. The predicted molar refractivity (Wildman–Crippen MR) is 67.2 cm³/mol. The van der Waals surface area contributed by atoms with Gasteiger partial charge in [0.15, 0.2) is 0 Å². The Morgan fingerprint density at radius 2 is 1.59 bits per heavy atom. The summed E-state index contributed by atoms with van der Waals surface area (Å²) >= 11 is 0. The fraction of sp³-hybridized carbons (Fsp3) is 0.571. The second-order valence-corrected chi connectivity index (χ2v) is 5.73. The van der Waals surface area contributed by atoms with Crippen LogP contribution in [0.15, 0.2) is 12.1 Å². The van der Waals surface area contributed by atoms with Crippen LogP contribution in [0.4, 0.5) is 0 Å². The summed E-state index contributed by atoms with van der Waals surface area (Å²) in [5.41, 5.74) is 0.639. The molecule has 0 aromatic heterocycles. The molecule has 3 heteroatoms. The summed E-state index contributed by atoms with van der Waals surface area (Å²) in [6, 6.07) is 6.30. The van der Waals surface area contributed by atoms with Crippen LogP contribution in [0.25, 0.3) is 0 Å². The molecule has 3 nitrogen and oxygen atoms in total. The molecule has 0 atom stereocenters. The first-order valence-corrected chi connectivity index (χ1v) is 5.72. The Balaban J connectivity index is 3.30. The highest BCUT2D eigenvalue weighted by atomic mass is 16.3. The van der Waals surface area contributed by atoms with Gasteiger partial charge in [-0.15, -0.1) is 0 Å². The Hall–Kier alpha value is -1.06. The molecule has 0 aliphatic heterocycles. The first-order valence-electron chi connectivity index (χ1n) is 5.72. The lowest BCUT2D eigenvalue weighted by Crippen LogP contribution is -2.26. The van der Waals surface area contributed by atoms with E-state index in [1.165, 1.54) is 0 Å². The van der Waals surface area contributed by atoms with E-state index in [0.717, 1.165) is 5.56 Å². The van der Waals surface area contributed by atoms with Gasteiger partial charge in [-0.2, -0.15) is 0 Å². The first kappa shape index (κ1) is 14.0. The summed E-state index contributed by atoms with van der Waals surface area (Å²) in [5.74, 6) is 0.0570. The van der Waals surface area contributed by atoms with Crippen molar-refractivity contribution >= 4 is 0 Å². The lowest BCUT2D eigenvalue weighted by atomic mass is 9.79. The van der Waals surface area contributed by atoms with E-state index in [4.69, 9.17) is 0 Å². The molecule has 1 rings (SSSR count). The monoisotopic (exact) mass is 237 g/mol. The summed E-state index contributed by atoms with van der Waals surface area (Å²) < 4.78 is 0. The molecule has 0 fully saturated rings. The number of rotatable bonds is 4. The Morgan fingerprint density at radius 1 is 1.06 bits per heavy atom. The number of benzene rings is 1. The smallest absolute Gasteiger partial charge is 0.127 e. The Bertz CT molecular complexity index is 394. The van der Waals surface area contributed by atoms with E-state index in [0.29, 0.717) is 5.56 Å². The molecule has 0 aliphatic rings. The fourth-order valence-electron chi connectivity index (χ4n) is 1.57.